The third-order valence-corrected chi connectivity index (χ3v) is 3.45. The van der Waals surface area contributed by atoms with Gasteiger partial charge in [-0.2, -0.15) is 0 Å². The maximum absolute atomic E-state index is 11.9. The zero-order valence-electron chi connectivity index (χ0n) is 13.8. The Hall–Kier alpha value is -1.14. The van der Waals surface area contributed by atoms with Crippen molar-refractivity contribution < 1.29 is 14.7 Å². The van der Waals surface area contributed by atoms with Gasteiger partial charge in [0.15, 0.2) is 0 Å². The Morgan fingerprint density at radius 2 is 1.81 bits per heavy atom. The number of urea groups is 1. The van der Waals surface area contributed by atoms with Gasteiger partial charge >= 0.3 is 6.03 Å². The van der Waals surface area contributed by atoms with Gasteiger partial charge in [0.1, 0.15) is 0 Å². The van der Waals surface area contributed by atoms with E-state index in [0.29, 0.717) is 19.0 Å². The molecular weight excluding hydrogens is 270 g/mol. The fraction of sp³-hybridized carbons (Fsp3) is 0.867. The summed E-state index contributed by atoms with van der Waals surface area (Å²) in [7, 11) is 0. The van der Waals surface area contributed by atoms with Gasteiger partial charge in [-0.15, -0.1) is 0 Å². The highest BCUT2D eigenvalue weighted by molar-refractivity contribution is 5.95. The maximum Gasteiger partial charge on any atom is 0.321 e. The first-order chi connectivity index (χ1) is 9.94. The average Bonchev–Trinajstić information content (AvgIpc) is 2.39. The monoisotopic (exact) mass is 301 g/mol. The van der Waals surface area contributed by atoms with Crippen molar-refractivity contribution >= 4 is 11.9 Å². The largest absolute Gasteiger partial charge is 0.395 e. The molecule has 0 saturated heterocycles. The number of carbonyl (C=O) groups excluding carboxylic acids is 2. The Bertz CT molecular complexity index is 305. The van der Waals surface area contributed by atoms with Crippen molar-refractivity contribution in [3.63, 3.8) is 0 Å². The van der Waals surface area contributed by atoms with Gasteiger partial charge in [0.25, 0.3) is 0 Å². The molecule has 0 heterocycles. The van der Waals surface area contributed by atoms with Gasteiger partial charge in [0.05, 0.1) is 13.2 Å². The highest BCUT2D eigenvalue weighted by Gasteiger charge is 2.18. The van der Waals surface area contributed by atoms with Crippen LogP contribution in [0.15, 0.2) is 0 Å². The molecule has 0 aromatic carbocycles. The van der Waals surface area contributed by atoms with Crippen LogP contribution in [0, 0.1) is 5.92 Å². The van der Waals surface area contributed by atoms with Gasteiger partial charge in [-0.1, -0.05) is 27.7 Å². The molecule has 3 N–H and O–H groups in total. The molecular formula is C15H31N3O3. The lowest BCUT2D eigenvalue weighted by molar-refractivity contribution is -0.121. The lowest BCUT2D eigenvalue weighted by atomic mass is 10.1. The summed E-state index contributed by atoms with van der Waals surface area (Å²) in [4.78, 5) is 25.4. The van der Waals surface area contributed by atoms with Crippen molar-refractivity contribution in [2.75, 3.05) is 26.2 Å². The summed E-state index contributed by atoms with van der Waals surface area (Å²) in [5, 5.41) is 14.1. The molecule has 6 heteroatoms. The van der Waals surface area contributed by atoms with E-state index in [4.69, 9.17) is 5.11 Å². The lowest BCUT2D eigenvalue weighted by Crippen LogP contribution is -2.48. The number of aliphatic hydroxyl groups is 1. The van der Waals surface area contributed by atoms with Crippen molar-refractivity contribution in [3.8, 4) is 0 Å². The van der Waals surface area contributed by atoms with Crippen LogP contribution in [-0.2, 0) is 4.79 Å². The predicted octanol–water partition coefficient (Wildman–Crippen LogP) is 1.34. The summed E-state index contributed by atoms with van der Waals surface area (Å²) in [6.07, 6.45) is 2.70. The summed E-state index contributed by atoms with van der Waals surface area (Å²) < 4.78 is 0. The second-order valence-corrected chi connectivity index (χ2v) is 5.65. The number of carbonyl (C=O) groups is 2. The minimum Gasteiger partial charge on any atom is -0.395 e. The normalized spacial score (nSPS) is 11.2. The van der Waals surface area contributed by atoms with Gasteiger partial charge in [-0.25, -0.2) is 4.79 Å². The van der Waals surface area contributed by atoms with Crippen LogP contribution < -0.4 is 10.6 Å². The molecule has 0 spiro atoms. The molecule has 124 valence electrons. The topological polar surface area (TPSA) is 81.7 Å². The number of rotatable bonds is 10. The molecule has 0 radical (unpaired) electrons. The van der Waals surface area contributed by atoms with Gasteiger partial charge < -0.3 is 10.4 Å². The van der Waals surface area contributed by atoms with E-state index in [9.17, 15) is 9.59 Å². The van der Waals surface area contributed by atoms with Crippen LogP contribution in [0.25, 0.3) is 0 Å². The average molecular weight is 301 g/mol. The second-order valence-electron chi connectivity index (χ2n) is 5.65. The molecule has 0 fully saturated rings. The first-order valence-corrected chi connectivity index (χ1v) is 7.87. The molecule has 0 aliphatic heterocycles. The third-order valence-electron chi connectivity index (χ3n) is 3.45. The first-order valence-electron chi connectivity index (χ1n) is 7.87. The second kappa shape index (κ2) is 11.5. The molecule has 0 aliphatic carbocycles. The quantitative estimate of drug-likeness (QED) is 0.569. The first kappa shape index (κ1) is 19.9. The fourth-order valence-electron chi connectivity index (χ4n) is 2.19. The number of nitrogens with one attached hydrogen (secondary N) is 2. The number of imide groups is 1. The van der Waals surface area contributed by atoms with Crippen LogP contribution in [0.2, 0.25) is 0 Å². The molecule has 0 aromatic rings. The Morgan fingerprint density at radius 1 is 1.19 bits per heavy atom. The van der Waals surface area contributed by atoms with E-state index in [0.717, 1.165) is 19.3 Å². The van der Waals surface area contributed by atoms with Gasteiger partial charge in [-0.05, 0) is 25.2 Å². The smallest absolute Gasteiger partial charge is 0.321 e. The van der Waals surface area contributed by atoms with Crippen LogP contribution in [-0.4, -0.2) is 54.2 Å². The fourth-order valence-corrected chi connectivity index (χ4v) is 2.19. The Kier molecular flexibility index (Phi) is 10.9. The molecule has 21 heavy (non-hydrogen) atoms. The van der Waals surface area contributed by atoms with Crippen molar-refractivity contribution in [2.24, 2.45) is 5.92 Å². The van der Waals surface area contributed by atoms with Crippen LogP contribution >= 0.6 is 0 Å². The van der Waals surface area contributed by atoms with E-state index in [-0.39, 0.29) is 25.1 Å². The van der Waals surface area contributed by atoms with Crippen molar-refractivity contribution in [2.45, 2.75) is 53.0 Å². The van der Waals surface area contributed by atoms with Crippen molar-refractivity contribution in [1.29, 1.82) is 0 Å². The summed E-state index contributed by atoms with van der Waals surface area (Å²) in [6, 6.07) is -0.207. The Balaban J connectivity index is 4.21. The highest BCUT2D eigenvalue weighted by atomic mass is 16.3. The molecule has 0 aliphatic rings. The number of nitrogens with zero attached hydrogens (tertiary/aromatic N) is 1. The summed E-state index contributed by atoms with van der Waals surface area (Å²) in [5.74, 6) is 0.174. The molecule has 0 saturated carbocycles. The summed E-state index contributed by atoms with van der Waals surface area (Å²) in [5.41, 5.74) is 0. The summed E-state index contributed by atoms with van der Waals surface area (Å²) >= 11 is 0. The van der Waals surface area contributed by atoms with Gasteiger partial charge in [0, 0.05) is 19.1 Å². The van der Waals surface area contributed by atoms with Crippen molar-refractivity contribution in [1.82, 2.24) is 15.5 Å². The van der Waals surface area contributed by atoms with E-state index in [1.165, 1.54) is 0 Å². The van der Waals surface area contributed by atoms with E-state index in [1.807, 2.05) is 4.90 Å². The molecule has 6 nitrogen and oxygen atoms in total. The van der Waals surface area contributed by atoms with Gasteiger partial charge in [-0.3, -0.25) is 15.0 Å². The van der Waals surface area contributed by atoms with Crippen LogP contribution in [0.5, 0.6) is 0 Å². The standard InChI is InChI=1S/C15H31N3O3/c1-5-13(6-2)18(9-10-19)11-14(20)17-15(21)16-8-7-12(3)4/h12-13,19H,5-11H2,1-4H3,(H2,16,17,20,21). The minimum atomic E-state index is -0.450. The lowest BCUT2D eigenvalue weighted by Gasteiger charge is -2.28. The molecule has 0 aromatic heterocycles. The molecule has 0 atom stereocenters. The number of aliphatic hydroxyl groups excluding tert-OH is 1. The van der Waals surface area contributed by atoms with Crippen LogP contribution in [0.3, 0.4) is 0 Å². The Labute approximate surface area is 128 Å². The van der Waals surface area contributed by atoms with E-state index in [1.54, 1.807) is 0 Å². The number of hydrogen-bond donors (Lipinski definition) is 3. The van der Waals surface area contributed by atoms with E-state index < -0.39 is 6.03 Å². The van der Waals surface area contributed by atoms with Crippen molar-refractivity contribution in [3.05, 3.63) is 0 Å². The van der Waals surface area contributed by atoms with Crippen LogP contribution in [0.4, 0.5) is 4.79 Å². The van der Waals surface area contributed by atoms with E-state index >= 15 is 0 Å². The molecule has 0 rings (SSSR count). The van der Waals surface area contributed by atoms with Gasteiger partial charge in [0.2, 0.25) is 5.91 Å². The summed E-state index contributed by atoms with van der Waals surface area (Å²) in [6.45, 7) is 9.39. The maximum atomic E-state index is 11.9. The third kappa shape index (κ3) is 9.42. The zero-order chi connectivity index (χ0) is 16.3. The molecule has 3 amide bonds. The SMILES string of the molecule is CCC(CC)N(CCO)CC(=O)NC(=O)NCCC(C)C. The molecule has 0 unspecified atom stereocenters. The number of hydrogen-bond acceptors (Lipinski definition) is 4. The van der Waals surface area contributed by atoms with E-state index in [2.05, 4.69) is 38.3 Å². The zero-order valence-corrected chi connectivity index (χ0v) is 13.8. The minimum absolute atomic E-state index is 0.00433. The Morgan fingerprint density at radius 3 is 2.29 bits per heavy atom. The highest BCUT2D eigenvalue weighted by Crippen LogP contribution is 2.07. The number of amides is 3. The molecule has 0 bridgehead atoms. The van der Waals surface area contributed by atoms with Crippen LogP contribution in [0.1, 0.15) is 47.0 Å². The predicted molar refractivity (Wildman–Crippen MR) is 84.0 cm³/mol.